The number of hydrogen-bond donors (Lipinski definition) is 1. The predicted molar refractivity (Wildman–Crippen MR) is 109 cm³/mol. The highest BCUT2D eigenvalue weighted by Gasteiger charge is 2.21. The van der Waals surface area contributed by atoms with Crippen LogP contribution in [0.1, 0.15) is 12.5 Å². The van der Waals surface area contributed by atoms with E-state index in [2.05, 4.69) is 33.1 Å². The molecule has 3 rings (SSSR count). The minimum Gasteiger partial charge on any atom is -0.324 e. The van der Waals surface area contributed by atoms with Crippen molar-refractivity contribution in [2.45, 2.75) is 23.9 Å². The quantitative estimate of drug-likeness (QED) is 0.490. The monoisotopic (exact) mass is 390 g/mol. The molecule has 0 fully saturated rings. The summed E-state index contributed by atoms with van der Waals surface area (Å²) >= 11 is 1.30. The van der Waals surface area contributed by atoms with Crippen LogP contribution >= 0.6 is 11.8 Å². The van der Waals surface area contributed by atoms with Gasteiger partial charge in [0, 0.05) is 24.5 Å². The number of benzene rings is 1. The lowest BCUT2D eigenvalue weighted by molar-refractivity contribution is -0.115. The lowest BCUT2D eigenvalue weighted by Crippen LogP contribution is -2.23. The molecule has 1 aromatic carbocycles. The Bertz CT molecular complexity index is 1020. The lowest BCUT2D eigenvalue weighted by Gasteiger charge is -2.13. The Balaban J connectivity index is 1.79. The van der Waals surface area contributed by atoms with E-state index in [0.29, 0.717) is 28.8 Å². The first-order valence-electron chi connectivity index (χ1n) is 8.55. The molecule has 0 aliphatic heterocycles. The molecule has 1 atom stereocenters. The largest absolute Gasteiger partial charge is 0.324 e. The molecular formula is C20H18N6OS. The summed E-state index contributed by atoms with van der Waals surface area (Å²) in [5.41, 5.74) is 1.80. The number of allylic oxidation sites excluding steroid dienone is 1. The van der Waals surface area contributed by atoms with Crippen LogP contribution in [0.25, 0.3) is 11.4 Å². The first-order chi connectivity index (χ1) is 13.6. The molecule has 0 bridgehead atoms. The van der Waals surface area contributed by atoms with Crippen molar-refractivity contribution in [3.8, 4) is 17.5 Å². The van der Waals surface area contributed by atoms with Crippen LogP contribution in [0.4, 0.5) is 5.69 Å². The molecule has 0 spiro atoms. The van der Waals surface area contributed by atoms with Gasteiger partial charge in [-0.25, -0.2) is 0 Å². The highest BCUT2D eigenvalue weighted by molar-refractivity contribution is 8.00. The first kappa shape index (κ1) is 19.3. The van der Waals surface area contributed by atoms with Crippen LogP contribution in [0.15, 0.2) is 66.6 Å². The van der Waals surface area contributed by atoms with Gasteiger partial charge in [-0.1, -0.05) is 30.0 Å². The van der Waals surface area contributed by atoms with Gasteiger partial charge in [-0.3, -0.25) is 14.3 Å². The molecule has 1 amide bonds. The van der Waals surface area contributed by atoms with Gasteiger partial charge >= 0.3 is 0 Å². The number of rotatable bonds is 7. The van der Waals surface area contributed by atoms with E-state index < -0.39 is 5.25 Å². The van der Waals surface area contributed by atoms with Crippen LogP contribution in [0, 0.1) is 11.3 Å². The van der Waals surface area contributed by atoms with Crippen molar-refractivity contribution in [3.05, 3.63) is 67.0 Å². The maximum absolute atomic E-state index is 12.6. The van der Waals surface area contributed by atoms with E-state index >= 15 is 0 Å². The number of nitriles is 1. The van der Waals surface area contributed by atoms with Gasteiger partial charge in [-0.15, -0.1) is 16.8 Å². The Kier molecular flexibility index (Phi) is 6.19. The molecule has 2 heterocycles. The zero-order valence-electron chi connectivity index (χ0n) is 15.2. The number of anilines is 1. The average molecular weight is 390 g/mol. The zero-order valence-corrected chi connectivity index (χ0v) is 16.1. The van der Waals surface area contributed by atoms with Crippen molar-refractivity contribution < 1.29 is 4.79 Å². The number of aromatic nitrogens is 4. The fourth-order valence-corrected chi connectivity index (χ4v) is 3.38. The van der Waals surface area contributed by atoms with E-state index in [1.165, 1.54) is 11.8 Å². The number of para-hydroxylation sites is 1. The standard InChI is InChI=1S/C20H18N6OS/c1-3-12-26-18(15-8-10-22-11-9-15)24-25-20(26)28-14(2)19(27)23-17-7-5-4-6-16(17)13-21/h3-11,14H,1,12H2,2H3,(H,23,27)/t14-/m0/s1. The molecule has 0 aliphatic rings. The van der Waals surface area contributed by atoms with E-state index in [1.807, 2.05) is 16.7 Å². The Morgan fingerprint density at radius 3 is 2.79 bits per heavy atom. The van der Waals surface area contributed by atoms with Crippen LogP contribution in [0.5, 0.6) is 0 Å². The third-order valence-electron chi connectivity index (χ3n) is 3.92. The summed E-state index contributed by atoms with van der Waals surface area (Å²) in [6, 6.07) is 12.7. The van der Waals surface area contributed by atoms with E-state index in [9.17, 15) is 4.79 Å². The molecule has 8 heteroatoms. The number of carbonyl (C=O) groups excluding carboxylic acids is 1. The third kappa shape index (κ3) is 4.27. The number of nitrogens with zero attached hydrogens (tertiary/aromatic N) is 5. The number of hydrogen-bond acceptors (Lipinski definition) is 6. The molecule has 2 aromatic heterocycles. The van der Waals surface area contributed by atoms with Gasteiger partial charge in [0.25, 0.3) is 0 Å². The molecule has 3 aromatic rings. The Morgan fingerprint density at radius 1 is 1.32 bits per heavy atom. The fourth-order valence-electron chi connectivity index (χ4n) is 2.52. The molecule has 0 unspecified atom stereocenters. The molecule has 0 aliphatic carbocycles. The van der Waals surface area contributed by atoms with E-state index in [-0.39, 0.29) is 5.91 Å². The smallest absolute Gasteiger partial charge is 0.237 e. The van der Waals surface area contributed by atoms with E-state index in [1.54, 1.807) is 49.7 Å². The summed E-state index contributed by atoms with van der Waals surface area (Å²) < 4.78 is 1.90. The van der Waals surface area contributed by atoms with E-state index in [4.69, 9.17) is 5.26 Å². The summed E-state index contributed by atoms with van der Waals surface area (Å²) in [4.78, 5) is 16.6. The Hall–Kier alpha value is -3.44. The van der Waals surface area contributed by atoms with Gasteiger partial charge < -0.3 is 5.32 Å². The molecule has 7 nitrogen and oxygen atoms in total. The third-order valence-corrected chi connectivity index (χ3v) is 5.00. The maximum Gasteiger partial charge on any atom is 0.237 e. The van der Waals surface area contributed by atoms with Crippen molar-refractivity contribution >= 4 is 23.4 Å². The van der Waals surface area contributed by atoms with Crippen LogP contribution in [0.2, 0.25) is 0 Å². The van der Waals surface area contributed by atoms with Gasteiger partial charge in [0.2, 0.25) is 5.91 Å². The number of carbonyl (C=O) groups is 1. The van der Waals surface area contributed by atoms with Crippen molar-refractivity contribution in [1.29, 1.82) is 5.26 Å². The molecule has 0 radical (unpaired) electrons. The van der Waals surface area contributed by atoms with Crippen LogP contribution in [-0.2, 0) is 11.3 Å². The van der Waals surface area contributed by atoms with Gasteiger partial charge in [0.15, 0.2) is 11.0 Å². The molecule has 28 heavy (non-hydrogen) atoms. The van der Waals surface area contributed by atoms with Crippen LogP contribution in [0.3, 0.4) is 0 Å². The molecule has 140 valence electrons. The van der Waals surface area contributed by atoms with Crippen molar-refractivity contribution in [2.75, 3.05) is 5.32 Å². The van der Waals surface area contributed by atoms with Gasteiger partial charge in [0.1, 0.15) is 6.07 Å². The van der Waals surface area contributed by atoms with Crippen LogP contribution in [-0.4, -0.2) is 30.9 Å². The van der Waals surface area contributed by atoms with Gasteiger partial charge in [-0.2, -0.15) is 5.26 Å². The molecule has 0 saturated heterocycles. The number of amides is 1. The summed E-state index contributed by atoms with van der Waals surface area (Å²) in [5.74, 6) is 0.471. The predicted octanol–water partition coefficient (Wildman–Crippen LogP) is 3.52. The lowest BCUT2D eigenvalue weighted by atomic mass is 10.2. The second-order valence-corrected chi connectivity index (χ2v) is 7.16. The minimum absolute atomic E-state index is 0.216. The second kappa shape index (κ2) is 8.97. The van der Waals surface area contributed by atoms with Crippen LogP contribution < -0.4 is 5.32 Å². The normalized spacial score (nSPS) is 11.4. The van der Waals surface area contributed by atoms with E-state index in [0.717, 1.165) is 5.56 Å². The summed E-state index contributed by atoms with van der Waals surface area (Å²) in [7, 11) is 0. The number of nitrogens with one attached hydrogen (secondary N) is 1. The summed E-state index contributed by atoms with van der Waals surface area (Å²) in [6.45, 7) is 6.09. The zero-order chi connectivity index (χ0) is 19.9. The minimum atomic E-state index is -0.440. The average Bonchev–Trinajstić information content (AvgIpc) is 3.11. The molecule has 1 N–H and O–H groups in total. The number of pyridine rings is 1. The second-order valence-electron chi connectivity index (χ2n) is 5.85. The topological polar surface area (TPSA) is 96.5 Å². The first-order valence-corrected chi connectivity index (χ1v) is 9.43. The SMILES string of the molecule is C=CCn1c(S[C@@H](C)C(=O)Nc2ccccc2C#N)nnc1-c1ccncc1. The summed E-state index contributed by atoms with van der Waals surface area (Å²) in [6.07, 6.45) is 5.14. The highest BCUT2D eigenvalue weighted by Crippen LogP contribution is 2.27. The van der Waals surface area contributed by atoms with Crippen molar-refractivity contribution in [2.24, 2.45) is 0 Å². The maximum atomic E-state index is 12.6. The van der Waals surface area contributed by atoms with Crippen molar-refractivity contribution in [3.63, 3.8) is 0 Å². The highest BCUT2D eigenvalue weighted by atomic mass is 32.2. The van der Waals surface area contributed by atoms with Gasteiger partial charge in [0.05, 0.1) is 16.5 Å². The van der Waals surface area contributed by atoms with Gasteiger partial charge in [-0.05, 0) is 31.2 Å². The summed E-state index contributed by atoms with van der Waals surface area (Å²) in [5, 5.41) is 20.7. The Labute approximate surface area is 167 Å². The fraction of sp³-hybridized carbons (Fsp3) is 0.150. The number of thioether (sulfide) groups is 1. The molecular weight excluding hydrogens is 372 g/mol. The Morgan fingerprint density at radius 2 is 2.07 bits per heavy atom. The van der Waals surface area contributed by atoms with Crippen molar-refractivity contribution in [1.82, 2.24) is 19.7 Å². The molecule has 0 saturated carbocycles.